The molecule has 2 N–H and O–H groups in total. The maximum absolute atomic E-state index is 11.7. The quantitative estimate of drug-likeness (QED) is 0.654. The third-order valence-electron chi connectivity index (χ3n) is 3.12. The van der Waals surface area contributed by atoms with Crippen molar-refractivity contribution < 1.29 is 24.2 Å². The maximum atomic E-state index is 11.7. The minimum atomic E-state index is -0.813. The van der Waals surface area contributed by atoms with Gasteiger partial charge in [0.25, 0.3) is 0 Å². The van der Waals surface area contributed by atoms with Crippen molar-refractivity contribution in [2.45, 2.75) is 25.6 Å². The number of rotatable bonds is 6. The second kappa shape index (κ2) is 6.56. The molecule has 1 saturated carbocycles. The van der Waals surface area contributed by atoms with Crippen molar-refractivity contribution >= 4 is 11.9 Å². The summed E-state index contributed by atoms with van der Waals surface area (Å²) >= 11 is 0. The number of hydrogen-bond donors (Lipinski definition) is 2. The number of methoxy groups -OCH3 is 2. The first-order valence-corrected chi connectivity index (χ1v) is 5.64. The zero-order valence-electron chi connectivity index (χ0n) is 10.1. The summed E-state index contributed by atoms with van der Waals surface area (Å²) in [6, 6.07) is 0. The zero-order chi connectivity index (χ0) is 12.8. The fourth-order valence-electron chi connectivity index (χ4n) is 2.04. The van der Waals surface area contributed by atoms with Crippen LogP contribution in [0.5, 0.6) is 0 Å². The molecule has 1 rings (SSSR count). The Morgan fingerprint density at radius 1 is 1.29 bits per heavy atom. The molecule has 1 aliphatic carbocycles. The van der Waals surface area contributed by atoms with Crippen LogP contribution in [0, 0.1) is 11.8 Å². The van der Waals surface area contributed by atoms with E-state index in [-0.39, 0.29) is 24.3 Å². The Kier molecular flexibility index (Phi) is 5.37. The molecule has 17 heavy (non-hydrogen) atoms. The fourth-order valence-corrected chi connectivity index (χ4v) is 2.04. The highest BCUT2D eigenvalue weighted by Gasteiger charge is 2.33. The lowest BCUT2D eigenvalue weighted by Gasteiger charge is -2.16. The van der Waals surface area contributed by atoms with E-state index >= 15 is 0 Å². The third kappa shape index (κ3) is 3.98. The first-order valence-electron chi connectivity index (χ1n) is 5.64. The van der Waals surface area contributed by atoms with Gasteiger partial charge in [-0.05, 0) is 19.3 Å². The number of amides is 1. The Balaban J connectivity index is 2.32. The molecular formula is C11H19NO5. The lowest BCUT2D eigenvalue weighted by atomic mass is 10.0. The van der Waals surface area contributed by atoms with Gasteiger partial charge in [0.1, 0.15) is 0 Å². The van der Waals surface area contributed by atoms with Gasteiger partial charge in [-0.15, -0.1) is 0 Å². The third-order valence-corrected chi connectivity index (χ3v) is 3.12. The molecular weight excluding hydrogens is 226 g/mol. The molecule has 0 aliphatic heterocycles. The first kappa shape index (κ1) is 13.9. The molecule has 1 fully saturated rings. The number of carboxylic acids is 1. The summed E-state index contributed by atoms with van der Waals surface area (Å²) in [5.74, 6) is -1.52. The minimum absolute atomic E-state index is 0.118. The SMILES string of the molecule is COC(CNC(=O)[C@@H]1CC[C@H](C(=O)O)C1)OC. The molecule has 0 heterocycles. The van der Waals surface area contributed by atoms with E-state index in [1.165, 1.54) is 14.2 Å². The molecule has 0 bridgehead atoms. The van der Waals surface area contributed by atoms with Crippen molar-refractivity contribution in [2.75, 3.05) is 20.8 Å². The Morgan fingerprint density at radius 3 is 2.35 bits per heavy atom. The summed E-state index contributed by atoms with van der Waals surface area (Å²) in [5, 5.41) is 11.5. The van der Waals surface area contributed by atoms with Gasteiger partial charge in [-0.2, -0.15) is 0 Å². The normalized spacial score (nSPS) is 23.9. The van der Waals surface area contributed by atoms with Crippen LogP contribution in [0.1, 0.15) is 19.3 Å². The van der Waals surface area contributed by atoms with Gasteiger partial charge in [-0.3, -0.25) is 9.59 Å². The van der Waals surface area contributed by atoms with Gasteiger partial charge in [-0.1, -0.05) is 0 Å². The van der Waals surface area contributed by atoms with Crippen LogP contribution in [0.25, 0.3) is 0 Å². The molecule has 0 aromatic carbocycles. The number of nitrogens with one attached hydrogen (secondary N) is 1. The van der Waals surface area contributed by atoms with Crippen LogP contribution in [0.2, 0.25) is 0 Å². The van der Waals surface area contributed by atoms with Crippen molar-refractivity contribution in [2.24, 2.45) is 11.8 Å². The van der Waals surface area contributed by atoms with Crippen LogP contribution >= 0.6 is 0 Å². The van der Waals surface area contributed by atoms with E-state index in [9.17, 15) is 9.59 Å². The van der Waals surface area contributed by atoms with E-state index in [0.717, 1.165) is 0 Å². The Labute approximate surface area is 100 Å². The highest BCUT2D eigenvalue weighted by atomic mass is 16.7. The number of ether oxygens (including phenoxy) is 2. The molecule has 0 unspecified atom stereocenters. The molecule has 1 aliphatic rings. The monoisotopic (exact) mass is 245 g/mol. The Morgan fingerprint density at radius 2 is 1.88 bits per heavy atom. The largest absolute Gasteiger partial charge is 0.481 e. The number of carbonyl (C=O) groups is 2. The fraction of sp³-hybridized carbons (Fsp3) is 0.818. The van der Waals surface area contributed by atoms with Gasteiger partial charge in [0.2, 0.25) is 5.91 Å². The molecule has 6 heteroatoms. The van der Waals surface area contributed by atoms with Gasteiger partial charge < -0.3 is 19.9 Å². The smallest absolute Gasteiger partial charge is 0.306 e. The number of hydrogen-bond acceptors (Lipinski definition) is 4. The summed E-state index contributed by atoms with van der Waals surface area (Å²) in [6.07, 6.45) is 1.17. The molecule has 0 aromatic heterocycles. The highest BCUT2D eigenvalue weighted by Crippen LogP contribution is 2.30. The van der Waals surface area contributed by atoms with E-state index < -0.39 is 12.3 Å². The van der Waals surface area contributed by atoms with Gasteiger partial charge in [0, 0.05) is 20.1 Å². The van der Waals surface area contributed by atoms with Gasteiger partial charge >= 0.3 is 5.97 Å². The number of carbonyl (C=O) groups excluding carboxylic acids is 1. The van der Waals surface area contributed by atoms with Gasteiger partial charge in [0.15, 0.2) is 6.29 Å². The van der Waals surface area contributed by atoms with Crippen molar-refractivity contribution in [3.05, 3.63) is 0 Å². The summed E-state index contributed by atoms with van der Waals surface area (Å²) in [4.78, 5) is 22.5. The zero-order valence-corrected chi connectivity index (χ0v) is 10.1. The highest BCUT2D eigenvalue weighted by molar-refractivity contribution is 5.80. The Hall–Kier alpha value is -1.14. The first-order chi connectivity index (χ1) is 8.08. The molecule has 1 amide bonds. The predicted octanol–water partition coefficient (Wildman–Crippen LogP) is 0.222. The maximum Gasteiger partial charge on any atom is 0.306 e. The Bertz CT molecular complexity index is 277. The lowest BCUT2D eigenvalue weighted by Crippen LogP contribution is -2.37. The van der Waals surface area contributed by atoms with E-state index in [0.29, 0.717) is 19.3 Å². The van der Waals surface area contributed by atoms with E-state index in [1.54, 1.807) is 0 Å². The molecule has 6 nitrogen and oxygen atoms in total. The summed E-state index contributed by atoms with van der Waals surface area (Å²) in [5.41, 5.74) is 0. The van der Waals surface area contributed by atoms with Crippen molar-refractivity contribution in [3.8, 4) is 0 Å². The molecule has 98 valence electrons. The molecule has 0 spiro atoms. The van der Waals surface area contributed by atoms with Crippen LogP contribution in [0.3, 0.4) is 0 Å². The van der Waals surface area contributed by atoms with E-state index in [1.807, 2.05) is 0 Å². The van der Waals surface area contributed by atoms with Crippen molar-refractivity contribution in [3.63, 3.8) is 0 Å². The molecule has 0 aromatic rings. The van der Waals surface area contributed by atoms with Crippen LogP contribution in [0.4, 0.5) is 0 Å². The summed E-state index contributed by atoms with van der Waals surface area (Å²) in [6.45, 7) is 0.278. The summed E-state index contributed by atoms with van der Waals surface area (Å²) < 4.78 is 9.88. The van der Waals surface area contributed by atoms with Crippen LogP contribution in [0.15, 0.2) is 0 Å². The average Bonchev–Trinajstić information content (AvgIpc) is 2.79. The van der Waals surface area contributed by atoms with E-state index in [2.05, 4.69) is 5.32 Å². The average molecular weight is 245 g/mol. The van der Waals surface area contributed by atoms with E-state index in [4.69, 9.17) is 14.6 Å². The number of carboxylic acid groups (broad SMARTS) is 1. The second-order valence-electron chi connectivity index (χ2n) is 4.19. The van der Waals surface area contributed by atoms with Crippen LogP contribution in [-0.4, -0.2) is 44.0 Å². The minimum Gasteiger partial charge on any atom is -0.481 e. The molecule has 0 radical (unpaired) electrons. The van der Waals surface area contributed by atoms with Gasteiger partial charge in [0.05, 0.1) is 12.5 Å². The molecule has 2 atom stereocenters. The van der Waals surface area contributed by atoms with Crippen molar-refractivity contribution in [1.82, 2.24) is 5.32 Å². The second-order valence-corrected chi connectivity index (χ2v) is 4.19. The standard InChI is InChI=1S/C11H19NO5/c1-16-9(17-2)6-12-10(13)7-3-4-8(5-7)11(14)15/h7-9H,3-6H2,1-2H3,(H,12,13)(H,14,15)/t7-,8+/m1/s1. The van der Waals surface area contributed by atoms with Gasteiger partial charge in [-0.25, -0.2) is 0 Å². The number of aliphatic carboxylic acids is 1. The van der Waals surface area contributed by atoms with Crippen molar-refractivity contribution in [1.29, 1.82) is 0 Å². The van der Waals surface area contributed by atoms with Crippen LogP contribution in [-0.2, 0) is 19.1 Å². The topological polar surface area (TPSA) is 84.9 Å². The lowest BCUT2D eigenvalue weighted by molar-refractivity contribution is -0.141. The molecule has 0 saturated heterocycles. The predicted molar refractivity (Wildman–Crippen MR) is 59.3 cm³/mol. The summed E-state index contributed by atoms with van der Waals surface area (Å²) in [7, 11) is 2.99. The van der Waals surface area contributed by atoms with Crippen LogP contribution < -0.4 is 5.32 Å².